The van der Waals surface area contributed by atoms with E-state index in [1.54, 1.807) is 31.3 Å². The second-order valence-electron chi connectivity index (χ2n) is 7.23. The van der Waals surface area contributed by atoms with E-state index in [0.29, 0.717) is 29.9 Å². The minimum absolute atomic E-state index is 0.121. The van der Waals surface area contributed by atoms with Gasteiger partial charge in [-0.05, 0) is 31.0 Å². The lowest BCUT2D eigenvalue weighted by atomic mass is 10.0. The Morgan fingerprint density at radius 2 is 1.97 bits per heavy atom. The van der Waals surface area contributed by atoms with Gasteiger partial charge in [0.25, 0.3) is 5.69 Å². The molecule has 11 heteroatoms. The van der Waals surface area contributed by atoms with Gasteiger partial charge in [0.2, 0.25) is 11.8 Å². The van der Waals surface area contributed by atoms with Crippen LogP contribution in [-0.4, -0.2) is 47.9 Å². The molecule has 0 aliphatic carbocycles. The van der Waals surface area contributed by atoms with E-state index >= 15 is 0 Å². The number of aryl methyl sites for hydroxylation is 1. The van der Waals surface area contributed by atoms with Crippen LogP contribution < -0.4 is 16.0 Å². The summed E-state index contributed by atoms with van der Waals surface area (Å²) in [6.45, 7) is 1.85. The summed E-state index contributed by atoms with van der Waals surface area (Å²) in [7, 11) is 1.21. The molecule has 11 nitrogen and oxygen atoms in total. The number of nitro groups is 1. The highest BCUT2D eigenvalue weighted by molar-refractivity contribution is 5.85. The Balaban J connectivity index is 1.87. The maximum atomic E-state index is 12.4. The molecule has 2 aromatic rings. The number of rotatable bonds is 12. The fourth-order valence-electron chi connectivity index (χ4n) is 2.99. The Morgan fingerprint density at radius 3 is 2.64 bits per heavy atom. The van der Waals surface area contributed by atoms with Crippen molar-refractivity contribution in [3.05, 3.63) is 63.8 Å². The number of anilines is 1. The van der Waals surface area contributed by atoms with Crippen LogP contribution in [0.3, 0.4) is 0 Å². The molecule has 0 radical (unpaired) electrons. The number of hydrogen-bond acceptors (Lipinski definition) is 8. The topological polar surface area (TPSA) is 153 Å². The van der Waals surface area contributed by atoms with Crippen LogP contribution in [0.5, 0.6) is 0 Å². The molecule has 0 bridgehead atoms. The van der Waals surface area contributed by atoms with Gasteiger partial charge in [0.05, 0.1) is 31.0 Å². The number of ether oxygens (including phenoxy) is 1. The quantitative estimate of drug-likeness (QED) is 0.189. The van der Waals surface area contributed by atoms with Gasteiger partial charge in [-0.15, -0.1) is 0 Å². The second-order valence-corrected chi connectivity index (χ2v) is 7.23. The van der Waals surface area contributed by atoms with Gasteiger partial charge in [-0.1, -0.05) is 18.2 Å². The van der Waals surface area contributed by atoms with Crippen molar-refractivity contribution >= 4 is 29.3 Å². The summed E-state index contributed by atoms with van der Waals surface area (Å²) < 4.78 is 4.67. The first-order valence-corrected chi connectivity index (χ1v) is 10.3. The van der Waals surface area contributed by atoms with Crippen LogP contribution in [0.1, 0.15) is 36.4 Å². The van der Waals surface area contributed by atoms with E-state index in [1.165, 1.54) is 13.2 Å². The van der Waals surface area contributed by atoms with Gasteiger partial charge in [-0.3, -0.25) is 24.5 Å². The first kappa shape index (κ1) is 25.2. The molecule has 176 valence electrons. The Labute approximate surface area is 191 Å². The number of esters is 1. The highest BCUT2D eigenvalue weighted by Gasteiger charge is 2.22. The van der Waals surface area contributed by atoms with Gasteiger partial charge < -0.3 is 20.7 Å². The van der Waals surface area contributed by atoms with Crippen LogP contribution in [0.4, 0.5) is 11.5 Å². The molecule has 1 atom stereocenters. The van der Waals surface area contributed by atoms with Crippen LogP contribution in [0, 0.1) is 17.0 Å². The molecule has 2 rings (SSSR count). The van der Waals surface area contributed by atoms with Gasteiger partial charge in [0.1, 0.15) is 5.82 Å². The fraction of sp³-hybridized carbons (Fsp3) is 0.364. The lowest BCUT2D eigenvalue weighted by Crippen LogP contribution is -2.39. The van der Waals surface area contributed by atoms with Crippen LogP contribution in [-0.2, 0) is 19.1 Å². The molecule has 0 aliphatic heterocycles. The standard InChI is InChI=1S/C22H27N5O6/c1-15-8-9-16(12-18(15)27(31)32)17(13-22(30)33-2)26-21(29)14-25-20(28)7-5-11-24-19-6-3-4-10-23-19/h3-4,6,8-10,12,17H,5,7,11,13-14H2,1-2H3,(H,23,24)(H,25,28)(H,26,29). The number of hydrogen-bond donors (Lipinski definition) is 3. The van der Waals surface area contributed by atoms with Crippen LogP contribution >= 0.6 is 0 Å². The van der Waals surface area contributed by atoms with E-state index in [4.69, 9.17) is 0 Å². The van der Waals surface area contributed by atoms with Crippen LogP contribution in [0.2, 0.25) is 0 Å². The third-order valence-corrected chi connectivity index (χ3v) is 4.76. The van der Waals surface area contributed by atoms with Gasteiger partial charge in [0, 0.05) is 30.8 Å². The van der Waals surface area contributed by atoms with E-state index in [-0.39, 0.29) is 31.0 Å². The predicted molar refractivity (Wildman–Crippen MR) is 120 cm³/mol. The molecule has 1 unspecified atom stereocenters. The van der Waals surface area contributed by atoms with E-state index in [9.17, 15) is 24.5 Å². The Kier molecular flexibility index (Phi) is 9.75. The number of carbonyl (C=O) groups is 3. The summed E-state index contributed by atoms with van der Waals surface area (Å²) in [6, 6.07) is 9.09. The second kappa shape index (κ2) is 12.7. The molecule has 0 spiro atoms. The SMILES string of the molecule is COC(=O)CC(NC(=O)CNC(=O)CCCNc1ccccn1)c1ccc(C)c([N+](=O)[O-])c1. The number of amides is 2. The molecule has 0 saturated heterocycles. The number of benzene rings is 1. The maximum Gasteiger partial charge on any atom is 0.307 e. The lowest BCUT2D eigenvalue weighted by molar-refractivity contribution is -0.385. The Morgan fingerprint density at radius 1 is 1.18 bits per heavy atom. The lowest BCUT2D eigenvalue weighted by Gasteiger charge is -2.19. The predicted octanol–water partition coefficient (Wildman–Crippen LogP) is 2.03. The Hall–Kier alpha value is -4.02. The fourth-order valence-corrected chi connectivity index (χ4v) is 2.99. The minimum Gasteiger partial charge on any atom is -0.469 e. The highest BCUT2D eigenvalue weighted by Crippen LogP contribution is 2.25. The van der Waals surface area contributed by atoms with Crippen molar-refractivity contribution in [3.8, 4) is 0 Å². The summed E-state index contributed by atoms with van der Waals surface area (Å²) in [6.07, 6.45) is 2.20. The smallest absolute Gasteiger partial charge is 0.307 e. The molecule has 33 heavy (non-hydrogen) atoms. The minimum atomic E-state index is -0.844. The summed E-state index contributed by atoms with van der Waals surface area (Å²) >= 11 is 0. The summed E-state index contributed by atoms with van der Waals surface area (Å²) in [5.41, 5.74) is 0.721. The zero-order valence-corrected chi connectivity index (χ0v) is 18.5. The number of methoxy groups -OCH3 is 1. The molecule has 1 aromatic heterocycles. The van der Waals surface area contributed by atoms with Crippen molar-refractivity contribution in [2.24, 2.45) is 0 Å². The van der Waals surface area contributed by atoms with Crippen molar-refractivity contribution in [1.29, 1.82) is 0 Å². The Bertz CT molecular complexity index is 982. The van der Waals surface area contributed by atoms with Crippen LogP contribution in [0.25, 0.3) is 0 Å². The molecule has 0 aliphatic rings. The molecule has 1 heterocycles. The number of nitro benzene ring substituents is 1. The molecule has 0 fully saturated rings. The molecular formula is C22H27N5O6. The number of pyridine rings is 1. The van der Waals surface area contributed by atoms with Gasteiger partial charge in [-0.25, -0.2) is 4.98 Å². The van der Waals surface area contributed by atoms with Crippen molar-refractivity contribution in [3.63, 3.8) is 0 Å². The van der Waals surface area contributed by atoms with E-state index in [2.05, 4.69) is 25.7 Å². The van der Waals surface area contributed by atoms with E-state index < -0.39 is 22.8 Å². The van der Waals surface area contributed by atoms with Crippen molar-refractivity contribution in [2.45, 2.75) is 32.2 Å². The molecule has 0 saturated carbocycles. The van der Waals surface area contributed by atoms with E-state index in [0.717, 1.165) is 0 Å². The number of nitrogens with zero attached hydrogens (tertiary/aromatic N) is 2. The number of nitrogens with one attached hydrogen (secondary N) is 3. The molecule has 2 amide bonds. The number of aromatic nitrogens is 1. The van der Waals surface area contributed by atoms with Gasteiger partial charge in [0.15, 0.2) is 0 Å². The van der Waals surface area contributed by atoms with Crippen LogP contribution in [0.15, 0.2) is 42.6 Å². The third kappa shape index (κ3) is 8.56. The zero-order valence-electron chi connectivity index (χ0n) is 18.5. The first-order valence-electron chi connectivity index (χ1n) is 10.3. The monoisotopic (exact) mass is 457 g/mol. The molecular weight excluding hydrogens is 430 g/mol. The van der Waals surface area contributed by atoms with E-state index in [1.807, 2.05) is 12.1 Å². The largest absolute Gasteiger partial charge is 0.469 e. The van der Waals surface area contributed by atoms with Crippen molar-refractivity contribution < 1.29 is 24.0 Å². The summed E-state index contributed by atoms with van der Waals surface area (Å²) in [5.74, 6) is -0.714. The van der Waals surface area contributed by atoms with Gasteiger partial charge >= 0.3 is 5.97 Å². The normalized spacial score (nSPS) is 11.2. The van der Waals surface area contributed by atoms with Crippen molar-refractivity contribution in [1.82, 2.24) is 15.6 Å². The molecule has 3 N–H and O–H groups in total. The first-order chi connectivity index (χ1) is 15.8. The zero-order chi connectivity index (χ0) is 24.2. The number of carbonyl (C=O) groups excluding carboxylic acids is 3. The van der Waals surface area contributed by atoms with Crippen molar-refractivity contribution in [2.75, 3.05) is 25.5 Å². The average Bonchev–Trinajstić information content (AvgIpc) is 2.80. The summed E-state index contributed by atoms with van der Waals surface area (Å²) in [4.78, 5) is 51.0. The third-order valence-electron chi connectivity index (χ3n) is 4.76. The summed E-state index contributed by atoms with van der Waals surface area (Å²) in [5, 5.41) is 19.5. The average molecular weight is 457 g/mol. The van der Waals surface area contributed by atoms with Gasteiger partial charge in [-0.2, -0.15) is 0 Å². The highest BCUT2D eigenvalue weighted by atomic mass is 16.6. The maximum absolute atomic E-state index is 12.4. The molecule has 1 aromatic carbocycles.